The maximum Gasteiger partial charge on any atom is 0.308 e. The third-order valence-corrected chi connectivity index (χ3v) is 23.6. The summed E-state index contributed by atoms with van der Waals surface area (Å²) in [6, 6.07) is 51.8. The molecule has 2 aromatic heterocycles. The number of imidazole rings is 1. The van der Waals surface area contributed by atoms with Gasteiger partial charge in [0, 0.05) is 75.0 Å². The average molecular weight is 1910 g/mol. The Morgan fingerprint density at radius 2 is 1.10 bits per heavy atom. The molecule has 6 amide bonds. The Morgan fingerprint density at radius 1 is 0.529 bits per heavy atom. The van der Waals surface area contributed by atoms with Crippen LogP contribution in [-0.4, -0.2) is 173 Å². The highest BCUT2D eigenvalue weighted by atomic mass is 32.1. The Morgan fingerprint density at radius 3 is 1.65 bits per heavy atom. The van der Waals surface area contributed by atoms with Crippen LogP contribution >= 0.6 is 13.5 Å². The number of H-pyrrole nitrogens is 1. The van der Waals surface area contributed by atoms with E-state index < -0.39 is 209 Å². The molecule has 0 aliphatic carbocycles. The van der Waals surface area contributed by atoms with Crippen LogP contribution in [0.5, 0.6) is 5.75 Å². The first-order valence-electron chi connectivity index (χ1n) is 47.4. The molecule has 0 aliphatic heterocycles. The van der Waals surface area contributed by atoms with Gasteiger partial charge in [-0.1, -0.05) is 197 Å². The summed E-state index contributed by atoms with van der Waals surface area (Å²) in [5, 5.41) is 31.0. The standard InChI is InChI=1S/C108H139FN12O16.H2S/c1-20-22-37-58-133-83-52-53-84(73(21-2)60-83)74-50-48-72(49-51-74)59-76(97(128)112-81-45-33-26-34-46-81)61-89(123)87(64-94(127)137-105(14,15)16)113-98(129)77(68-134-102(5,6)7)62-90(124)95(70(3)135-103(8,9)10)116-101(132)107(19,65-75-38-35-36-47-85(75)109)66-91(125)96(71(4)136-104(11,12)13)115-93(126)55-54-88(122)86(63-92-117-119-120-118-92)114-100(131)106(17,18)99(130)111-57-56-82-67-110-69-121(82)108(78-39-27-23-28-40-78,79-41-29-24-30-42-79)80-43-31-25-32-44-80;/h23-36,38-53,60,67,69-71,76-77,86-87,95-96H,20-22,37,54-59,61-66,68H2,1-19H3,(H,111,130)(H,112,128)(H,113,129)(H,114,131)(H,115,126)(H,116,132)(H,117,118,119,120);1H2/t70-,71-,76-,77+,86+,87+,95+,96+,107-;/m1./s1. The summed E-state index contributed by atoms with van der Waals surface area (Å²) < 4.78 is 49.4. The van der Waals surface area contributed by atoms with Gasteiger partial charge < -0.3 is 60.2 Å². The van der Waals surface area contributed by atoms with E-state index >= 15 is 28.4 Å². The van der Waals surface area contributed by atoms with Crippen molar-refractivity contribution in [2.24, 2.45) is 22.7 Å². The van der Waals surface area contributed by atoms with Crippen molar-refractivity contribution < 1.29 is 80.8 Å². The van der Waals surface area contributed by atoms with Crippen molar-refractivity contribution in [3.8, 4) is 16.9 Å². The third kappa shape index (κ3) is 32.7. The minimum absolute atomic E-state index is 0. The molecule has 2 heterocycles. The van der Waals surface area contributed by atoms with Crippen molar-refractivity contribution in [3.63, 3.8) is 0 Å². The molecule has 0 fully saturated rings. The van der Waals surface area contributed by atoms with Crippen LogP contribution in [0, 0.1) is 28.5 Å². The summed E-state index contributed by atoms with van der Waals surface area (Å²) in [5.41, 5.74) is -0.850. The predicted molar refractivity (Wildman–Crippen MR) is 533 cm³/mol. The molecule has 30 heteroatoms. The molecule has 0 aliphatic rings. The number of tetrazole rings is 1. The summed E-state index contributed by atoms with van der Waals surface area (Å²) in [6.07, 6.45) is 0.735. The van der Waals surface area contributed by atoms with Gasteiger partial charge in [0.15, 0.2) is 29.0 Å². The number of carbonyl (C=O) groups excluding carboxylic acids is 11. The monoisotopic (exact) mass is 1910 g/mol. The highest BCUT2D eigenvalue weighted by molar-refractivity contribution is 7.59. The molecule has 138 heavy (non-hydrogen) atoms. The molecule has 0 radical (unpaired) electrons. The van der Waals surface area contributed by atoms with Gasteiger partial charge in [0.25, 0.3) is 0 Å². The molecule has 9 atom stereocenters. The number of unbranched alkanes of at least 4 members (excludes halogenated alkanes) is 2. The number of ketones is 4. The van der Waals surface area contributed by atoms with E-state index in [1.54, 1.807) is 132 Å². The lowest BCUT2D eigenvalue weighted by molar-refractivity contribution is -0.157. The third-order valence-electron chi connectivity index (χ3n) is 23.6. The van der Waals surface area contributed by atoms with Crippen LogP contribution in [0.15, 0.2) is 201 Å². The Hall–Kier alpha value is -12.3. The maximum atomic E-state index is 16.3. The molecule has 9 rings (SSSR count). The molecule has 9 aromatic rings. The SMILES string of the molecule is CCCCCOc1ccc(-c2ccc(C[C@H](CC(=O)[C@H](CC(=O)OC(C)(C)C)NC(=O)[C@H](COC(C)(C)C)CC(=O)[C@@H](NC(=O)[C@@](C)(CC(=O)[C@@H](NC(=O)CCC(=O)[C@H](Cc3nn[nH]n3)NC(=O)C(C)(C)C(=O)NCCc3cncn3C(c3ccccc3)(c3ccccc3)c3ccccc3)[C@@H](C)OC(C)(C)C)Cc3ccccc3F)[C@@H](C)OC(C)(C)C)C(=O)Nc3ccccc3)cc2)c(CC)c1.S. The van der Waals surface area contributed by atoms with E-state index in [2.05, 4.69) is 118 Å². The Bertz CT molecular complexity index is 5430. The first-order valence-corrected chi connectivity index (χ1v) is 47.4. The first kappa shape index (κ1) is 111. The van der Waals surface area contributed by atoms with Crippen LogP contribution in [0.1, 0.15) is 234 Å². The number of carbonyl (C=O) groups is 11. The van der Waals surface area contributed by atoms with E-state index in [0.717, 1.165) is 70.5 Å². The van der Waals surface area contributed by atoms with E-state index in [-0.39, 0.29) is 50.7 Å². The highest BCUT2D eigenvalue weighted by Crippen LogP contribution is 2.43. The number of hydrogen-bond acceptors (Lipinski definition) is 20. The minimum Gasteiger partial charge on any atom is -0.494 e. The molecule has 0 bridgehead atoms. The lowest BCUT2D eigenvalue weighted by atomic mass is 9.76. The number of ether oxygens (including phenoxy) is 5. The molecule has 0 saturated heterocycles. The summed E-state index contributed by atoms with van der Waals surface area (Å²) in [7, 11) is 0. The van der Waals surface area contributed by atoms with Crippen molar-refractivity contribution in [2.45, 2.75) is 286 Å². The molecule has 0 unspecified atom stereocenters. The fourth-order valence-corrected chi connectivity index (χ4v) is 16.7. The summed E-state index contributed by atoms with van der Waals surface area (Å²) in [5.74, 6) is -11.1. The summed E-state index contributed by atoms with van der Waals surface area (Å²) >= 11 is 0. The number of esters is 1. The molecule has 7 N–H and O–H groups in total. The predicted octanol–water partition coefficient (Wildman–Crippen LogP) is 15.7. The topological polar surface area (TPSA) is 378 Å². The smallest absolute Gasteiger partial charge is 0.308 e. The number of aryl methyl sites for hydroxylation is 1. The van der Waals surface area contributed by atoms with E-state index in [1.807, 2.05) is 91.0 Å². The number of benzene rings is 7. The lowest BCUT2D eigenvalue weighted by Crippen LogP contribution is -2.57. The lowest BCUT2D eigenvalue weighted by Gasteiger charge is -2.38. The van der Waals surface area contributed by atoms with Gasteiger partial charge in [-0.2, -0.15) is 18.7 Å². The van der Waals surface area contributed by atoms with Crippen molar-refractivity contribution in [1.82, 2.24) is 56.8 Å². The second kappa shape index (κ2) is 50.4. The molecule has 7 aromatic carbocycles. The quantitative estimate of drug-likeness (QED) is 0.00806. The number of nitrogens with zero attached hydrogens (tertiary/aromatic N) is 5. The van der Waals surface area contributed by atoms with E-state index in [0.29, 0.717) is 17.9 Å². The number of nitrogens with one attached hydrogen (secondary N) is 7. The number of Topliss-reactive ketones (excluding diaryl/α,β-unsaturated/α-hetero) is 4. The van der Waals surface area contributed by atoms with E-state index in [9.17, 15) is 28.8 Å². The summed E-state index contributed by atoms with van der Waals surface area (Å²) in [4.78, 5) is 170. The Labute approximate surface area is 818 Å². The number of hydrogen-bond donors (Lipinski definition) is 7. The number of anilines is 1. The van der Waals surface area contributed by atoms with Crippen LogP contribution in [0.25, 0.3) is 11.1 Å². The largest absolute Gasteiger partial charge is 0.494 e. The van der Waals surface area contributed by atoms with Gasteiger partial charge >= 0.3 is 5.97 Å². The molecule has 742 valence electrons. The van der Waals surface area contributed by atoms with Gasteiger partial charge in [-0.15, -0.1) is 10.2 Å². The zero-order chi connectivity index (χ0) is 100. The first-order chi connectivity index (χ1) is 64.7. The second-order valence-corrected chi connectivity index (χ2v) is 40.1. The fourth-order valence-electron chi connectivity index (χ4n) is 16.7. The average Bonchev–Trinajstić information content (AvgIpc) is 1.39. The van der Waals surface area contributed by atoms with Gasteiger partial charge in [0.05, 0.1) is 78.4 Å². The molecule has 0 spiro atoms. The van der Waals surface area contributed by atoms with Gasteiger partial charge in [0.1, 0.15) is 40.2 Å². The maximum absolute atomic E-state index is 16.3. The van der Waals surface area contributed by atoms with Gasteiger partial charge in [-0.3, -0.25) is 52.7 Å². The van der Waals surface area contributed by atoms with Gasteiger partial charge in [0.2, 0.25) is 35.4 Å². The number of rotatable bonds is 51. The van der Waals surface area contributed by atoms with Gasteiger partial charge in [-0.25, -0.2) is 9.37 Å². The van der Waals surface area contributed by atoms with Crippen LogP contribution in [0.4, 0.5) is 10.1 Å². The highest BCUT2D eigenvalue weighted by Gasteiger charge is 2.47. The summed E-state index contributed by atoms with van der Waals surface area (Å²) in [6.45, 7) is 32.2. The van der Waals surface area contributed by atoms with Crippen molar-refractivity contribution in [3.05, 3.63) is 251 Å². The van der Waals surface area contributed by atoms with Crippen molar-refractivity contribution in [2.75, 3.05) is 25.1 Å². The Kier molecular flexibility index (Phi) is 40.5. The fraction of sp³-hybridized carbons (Fsp3) is 0.472. The number of para-hydroxylation sites is 1. The Balaban J connectivity index is 0.0000234. The molecular formula is C108H141FN12O16S. The number of halogens is 1. The number of amides is 6. The van der Waals surface area contributed by atoms with Crippen LogP contribution in [0.3, 0.4) is 0 Å². The molecule has 0 saturated carbocycles. The van der Waals surface area contributed by atoms with Crippen LogP contribution < -0.4 is 36.6 Å². The zero-order valence-electron chi connectivity index (χ0n) is 83.3. The zero-order valence-corrected chi connectivity index (χ0v) is 84.3. The van der Waals surface area contributed by atoms with Crippen LogP contribution in [-0.2, 0) is 109 Å². The molecule has 28 nitrogen and oxygen atoms in total. The van der Waals surface area contributed by atoms with Gasteiger partial charge in [-0.05, 0) is 211 Å². The number of aromatic amines is 1. The van der Waals surface area contributed by atoms with Crippen molar-refractivity contribution in [1.29, 1.82) is 0 Å². The van der Waals surface area contributed by atoms with Crippen molar-refractivity contribution >= 4 is 83.7 Å². The number of aromatic nitrogens is 6. The second-order valence-electron chi connectivity index (χ2n) is 40.1. The molecular weight excluding hydrogens is 1770 g/mol. The van der Waals surface area contributed by atoms with E-state index in [4.69, 9.17) is 23.7 Å². The minimum atomic E-state index is -2.01. The van der Waals surface area contributed by atoms with Crippen LogP contribution in [0.2, 0.25) is 0 Å². The van der Waals surface area contributed by atoms with E-state index in [1.165, 1.54) is 52.8 Å². The normalized spacial score (nSPS) is 14.2.